The number of nitrogens with one attached hydrogen (secondary N) is 2. The summed E-state index contributed by atoms with van der Waals surface area (Å²) in [6.07, 6.45) is 6.17. The minimum absolute atomic E-state index is 0.0532. The number of hydrogen-bond acceptors (Lipinski definition) is 4. The molecule has 170 valence electrons. The van der Waals surface area contributed by atoms with Crippen LogP contribution >= 0.6 is 0 Å². The highest BCUT2D eigenvalue weighted by Crippen LogP contribution is 2.23. The maximum Gasteiger partial charge on any atom is 0.325 e. The van der Waals surface area contributed by atoms with E-state index in [1.807, 2.05) is 43.9 Å². The predicted octanol–water partition coefficient (Wildman–Crippen LogP) is 3.45. The third kappa shape index (κ3) is 6.29. The summed E-state index contributed by atoms with van der Waals surface area (Å²) < 4.78 is 0. The number of carbonyl (C=O) groups is 3. The van der Waals surface area contributed by atoms with Crippen molar-refractivity contribution in [2.45, 2.75) is 65.3 Å². The molecule has 31 heavy (non-hydrogen) atoms. The number of anilines is 1. The molecule has 2 saturated heterocycles. The number of nitrogens with zero attached hydrogens (tertiary/aromatic N) is 2. The van der Waals surface area contributed by atoms with E-state index in [0.717, 1.165) is 49.9 Å². The van der Waals surface area contributed by atoms with Crippen molar-refractivity contribution >= 4 is 23.5 Å². The predicted molar refractivity (Wildman–Crippen MR) is 122 cm³/mol. The van der Waals surface area contributed by atoms with Crippen molar-refractivity contribution in [3.63, 3.8) is 0 Å². The second-order valence-electron chi connectivity index (χ2n) is 8.99. The average Bonchev–Trinajstić information content (AvgIpc) is 3.04. The fraction of sp³-hybridized carbons (Fsp3) is 0.625. The molecule has 2 N–H and O–H groups in total. The van der Waals surface area contributed by atoms with Gasteiger partial charge in [0.05, 0.1) is 6.04 Å². The molecule has 7 heteroatoms. The van der Waals surface area contributed by atoms with Crippen LogP contribution in [0.4, 0.5) is 10.5 Å². The van der Waals surface area contributed by atoms with Gasteiger partial charge in [-0.25, -0.2) is 4.79 Å². The van der Waals surface area contributed by atoms with Gasteiger partial charge < -0.3 is 10.2 Å². The Balaban J connectivity index is 1.46. The summed E-state index contributed by atoms with van der Waals surface area (Å²) in [5.74, 6) is 0.0171. The first-order valence-electron chi connectivity index (χ1n) is 11.6. The van der Waals surface area contributed by atoms with Gasteiger partial charge in [0, 0.05) is 24.7 Å². The number of aryl methyl sites for hydroxylation is 2. The molecule has 1 atom stereocenters. The number of imide groups is 1. The van der Waals surface area contributed by atoms with Crippen molar-refractivity contribution in [1.29, 1.82) is 0 Å². The summed E-state index contributed by atoms with van der Waals surface area (Å²) in [5, 5.41) is 5.20. The van der Waals surface area contributed by atoms with Crippen LogP contribution in [0.1, 0.15) is 56.6 Å². The van der Waals surface area contributed by atoms with Crippen molar-refractivity contribution in [1.82, 2.24) is 15.1 Å². The normalized spacial score (nSPS) is 19.4. The van der Waals surface area contributed by atoms with Crippen LogP contribution in [0.15, 0.2) is 18.2 Å². The third-order valence-electron chi connectivity index (χ3n) is 6.59. The SMILES string of the molecule is Cc1ccc(NC(=O)NC(=O)C(C)N2CCC(C(=O)N3CCCCCC3)CC2)c(C)c1. The third-order valence-corrected chi connectivity index (χ3v) is 6.59. The highest BCUT2D eigenvalue weighted by Gasteiger charge is 2.32. The monoisotopic (exact) mass is 428 g/mol. The Bertz CT molecular complexity index is 794. The van der Waals surface area contributed by atoms with Gasteiger partial charge in [-0.3, -0.25) is 19.8 Å². The van der Waals surface area contributed by atoms with E-state index in [1.54, 1.807) is 0 Å². The van der Waals surface area contributed by atoms with Crippen LogP contribution in [0.3, 0.4) is 0 Å². The molecule has 2 aliphatic heterocycles. The number of rotatable bonds is 4. The lowest BCUT2D eigenvalue weighted by molar-refractivity contribution is -0.137. The summed E-state index contributed by atoms with van der Waals surface area (Å²) >= 11 is 0. The van der Waals surface area contributed by atoms with E-state index in [2.05, 4.69) is 15.5 Å². The van der Waals surface area contributed by atoms with Gasteiger partial charge in [-0.15, -0.1) is 0 Å². The molecule has 2 heterocycles. The number of carbonyl (C=O) groups excluding carboxylic acids is 3. The Morgan fingerprint density at radius 3 is 2.23 bits per heavy atom. The molecule has 0 radical (unpaired) electrons. The van der Waals surface area contributed by atoms with E-state index in [1.165, 1.54) is 12.8 Å². The number of amides is 4. The zero-order valence-electron chi connectivity index (χ0n) is 19.1. The Labute approximate surface area is 185 Å². The first-order valence-corrected chi connectivity index (χ1v) is 11.6. The van der Waals surface area contributed by atoms with E-state index in [-0.39, 0.29) is 17.7 Å². The van der Waals surface area contributed by atoms with Gasteiger partial charge in [0.2, 0.25) is 11.8 Å². The Morgan fingerprint density at radius 2 is 1.61 bits per heavy atom. The number of hydrogen-bond donors (Lipinski definition) is 2. The fourth-order valence-corrected chi connectivity index (χ4v) is 4.57. The molecule has 0 aromatic heterocycles. The number of benzene rings is 1. The van der Waals surface area contributed by atoms with E-state index in [9.17, 15) is 14.4 Å². The van der Waals surface area contributed by atoms with Crippen LogP contribution in [-0.4, -0.2) is 59.9 Å². The molecule has 3 rings (SSSR count). The molecule has 0 aliphatic carbocycles. The van der Waals surface area contributed by atoms with Gasteiger partial charge in [-0.1, -0.05) is 30.5 Å². The van der Waals surface area contributed by atoms with Crippen molar-refractivity contribution in [3.8, 4) is 0 Å². The lowest BCUT2D eigenvalue weighted by Crippen LogP contribution is -2.51. The summed E-state index contributed by atoms with van der Waals surface area (Å²) in [6, 6.07) is 4.81. The molecule has 7 nitrogen and oxygen atoms in total. The molecule has 1 aromatic rings. The maximum absolute atomic E-state index is 12.9. The standard InChI is InChI=1S/C24H36N4O3/c1-17-8-9-21(18(2)16-17)25-24(31)26-22(29)19(3)27-14-10-20(11-15-27)23(30)28-12-6-4-5-7-13-28/h8-9,16,19-20H,4-7,10-15H2,1-3H3,(H2,25,26,29,31). The molecule has 0 bridgehead atoms. The second kappa shape index (κ2) is 10.8. The van der Waals surface area contributed by atoms with Crippen LogP contribution in [-0.2, 0) is 9.59 Å². The van der Waals surface area contributed by atoms with Gasteiger partial charge in [0.1, 0.15) is 0 Å². The van der Waals surface area contributed by atoms with Crippen LogP contribution in [0.2, 0.25) is 0 Å². The Morgan fingerprint density at radius 1 is 0.968 bits per heavy atom. The largest absolute Gasteiger partial charge is 0.342 e. The molecule has 1 aromatic carbocycles. The summed E-state index contributed by atoms with van der Waals surface area (Å²) in [6.45, 7) is 8.88. The summed E-state index contributed by atoms with van der Waals surface area (Å²) in [4.78, 5) is 41.8. The topological polar surface area (TPSA) is 81.8 Å². The van der Waals surface area contributed by atoms with Gasteiger partial charge in [0.25, 0.3) is 0 Å². The van der Waals surface area contributed by atoms with Crippen molar-refractivity contribution < 1.29 is 14.4 Å². The summed E-state index contributed by atoms with van der Waals surface area (Å²) in [5.41, 5.74) is 2.76. The van der Waals surface area contributed by atoms with E-state index in [4.69, 9.17) is 0 Å². The zero-order valence-corrected chi connectivity index (χ0v) is 19.1. The minimum atomic E-state index is -0.518. The van der Waals surface area contributed by atoms with Gasteiger partial charge in [-0.05, 0) is 71.2 Å². The minimum Gasteiger partial charge on any atom is -0.342 e. The molecule has 0 saturated carbocycles. The number of urea groups is 1. The highest BCUT2D eigenvalue weighted by molar-refractivity contribution is 6.03. The summed E-state index contributed by atoms with van der Waals surface area (Å²) in [7, 11) is 0. The average molecular weight is 429 g/mol. The first kappa shape index (κ1) is 23.3. The van der Waals surface area contributed by atoms with Crippen molar-refractivity contribution in [2.24, 2.45) is 5.92 Å². The van der Waals surface area contributed by atoms with Crippen LogP contribution in [0.25, 0.3) is 0 Å². The van der Waals surface area contributed by atoms with Crippen LogP contribution < -0.4 is 10.6 Å². The van der Waals surface area contributed by atoms with Crippen molar-refractivity contribution in [2.75, 3.05) is 31.5 Å². The van der Waals surface area contributed by atoms with E-state index >= 15 is 0 Å². The quantitative estimate of drug-likeness (QED) is 0.770. The lowest BCUT2D eigenvalue weighted by Gasteiger charge is -2.36. The smallest absolute Gasteiger partial charge is 0.325 e. The lowest BCUT2D eigenvalue weighted by atomic mass is 9.94. The van der Waals surface area contributed by atoms with E-state index < -0.39 is 12.1 Å². The molecule has 2 aliphatic rings. The first-order chi connectivity index (χ1) is 14.8. The van der Waals surface area contributed by atoms with Gasteiger partial charge in [-0.2, -0.15) is 0 Å². The Hall–Kier alpha value is -2.41. The zero-order chi connectivity index (χ0) is 22.4. The molecular formula is C24H36N4O3. The molecular weight excluding hydrogens is 392 g/mol. The number of likely N-dealkylation sites (tertiary alicyclic amines) is 2. The molecule has 0 spiro atoms. The van der Waals surface area contributed by atoms with Crippen LogP contribution in [0, 0.1) is 19.8 Å². The highest BCUT2D eigenvalue weighted by atomic mass is 16.2. The van der Waals surface area contributed by atoms with Crippen molar-refractivity contribution in [3.05, 3.63) is 29.3 Å². The number of piperidine rings is 1. The van der Waals surface area contributed by atoms with Gasteiger partial charge in [0.15, 0.2) is 0 Å². The van der Waals surface area contributed by atoms with Gasteiger partial charge >= 0.3 is 6.03 Å². The molecule has 4 amide bonds. The van der Waals surface area contributed by atoms with E-state index in [0.29, 0.717) is 18.8 Å². The maximum atomic E-state index is 12.9. The molecule has 1 unspecified atom stereocenters. The van der Waals surface area contributed by atoms with Crippen LogP contribution in [0.5, 0.6) is 0 Å². The second-order valence-corrected chi connectivity index (χ2v) is 8.99. The molecule has 2 fully saturated rings. The Kier molecular flexibility index (Phi) is 8.07. The fourth-order valence-electron chi connectivity index (χ4n) is 4.57.